The number of piperazine rings is 1. The van der Waals surface area contributed by atoms with Crippen LogP contribution in [-0.4, -0.2) is 70.0 Å². The van der Waals surface area contributed by atoms with Crippen molar-refractivity contribution in [3.63, 3.8) is 0 Å². The molecule has 4 aromatic rings. The maximum absolute atomic E-state index is 13.6. The van der Waals surface area contributed by atoms with Crippen molar-refractivity contribution in [2.45, 2.75) is 25.8 Å². The molecule has 0 spiro atoms. The Hall–Kier alpha value is -4.72. The van der Waals surface area contributed by atoms with Crippen LogP contribution < -0.4 is 10.5 Å². The number of anilines is 1. The molecule has 2 fully saturated rings. The minimum atomic E-state index is -0.242. The highest BCUT2D eigenvalue weighted by Gasteiger charge is 2.34. The van der Waals surface area contributed by atoms with Gasteiger partial charge in [0.1, 0.15) is 40.3 Å². The molecule has 0 bridgehead atoms. The molecule has 0 unspecified atom stereocenters. The molecule has 2 aromatic carbocycles. The molecule has 0 radical (unpaired) electrons. The number of allylic oxidation sites excluding steroid dienone is 1. The Balaban J connectivity index is 1.26. The quantitative estimate of drug-likeness (QED) is 0.255. The summed E-state index contributed by atoms with van der Waals surface area (Å²) in [6.45, 7) is 4.93. The number of para-hydroxylation sites is 1. The second-order valence-electron chi connectivity index (χ2n) is 11.5. The monoisotopic (exact) mass is 577 g/mol. The topological polar surface area (TPSA) is 122 Å². The highest BCUT2D eigenvalue weighted by atomic mass is 16.5. The van der Waals surface area contributed by atoms with Gasteiger partial charge in [-0.05, 0) is 61.7 Å². The van der Waals surface area contributed by atoms with Gasteiger partial charge in [0.15, 0.2) is 0 Å². The van der Waals surface area contributed by atoms with Crippen LogP contribution in [0.4, 0.5) is 5.82 Å². The Labute approximate surface area is 251 Å². The number of nitrogens with two attached hydrogens (primary N) is 1. The molecule has 220 valence electrons. The highest BCUT2D eigenvalue weighted by Crippen LogP contribution is 2.34. The number of fused-ring (bicyclic) bond motifs is 1. The average molecular weight is 578 g/mol. The number of benzene rings is 2. The zero-order valence-corrected chi connectivity index (χ0v) is 24.4. The summed E-state index contributed by atoms with van der Waals surface area (Å²) in [5.74, 6) is 2.37. The third-order valence-corrected chi connectivity index (χ3v) is 8.42. The Morgan fingerprint density at radius 1 is 1.12 bits per heavy atom. The lowest BCUT2D eigenvalue weighted by atomic mass is 9.81. The van der Waals surface area contributed by atoms with Crippen LogP contribution in [0.25, 0.3) is 16.8 Å². The van der Waals surface area contributed by atoms with Gasteiger partial charge in [0, 0.05) is 44.6 Å². The van der Waals surface area contributed by atoms with E-state index in [1.54, 1.807) is 11.1 Å². The van der Waals surface area contributed by atoms with E-state index in [4.69, 9.17) is 20.2 Å². The van der Waals surface area contributed by atoms with Crippen molar-refractivity contribution >= 4 is 17.2 Å². The normalized spacial score (nSPS) is 19.2. The van der Waals surface area contributed by atoms with E-state index in [1.807, 2.05) is 78.3 Å². The molecule has 10 nitrogen and oxygen atoms in total. The minimum absolute atomic E-state index is 0.191. The van der Waals surface area contributed by atoms with Gasteiger partial charge in [-0.25, -0.2) is 9.97 Å². The van der Waals surface area contributed by atoms with Crippen molar-refractivity contribution in [2.75, 3.05) is 45.6 Å². The van der Waals surface area contributed by atoms with Gasteiger partial charge in [-0.1, -0.05) is 31.2 Å². The van der Waals surface area contributed by atoms with Gasteiger partial charge in [0.25, 0.3) is 5.91 Å². The molecule has 0 saturated carbocycles. The zero-order chi connectivity index (χ0) is 30.0. The van der Waals surface area contributed by atoms with Crippen LogP contribution in [0, 0.1) is 16.7 Å². The van der Waals surface area contributed by atoms with Gasteiger partial charge >= 0.3 is 0 Å². The maximum Gasteiger partial charge on any atom is 0.264 e. The predicted molar refractivity (Wildman–Crippen MR) is 163 cm³/mol. The van der Waals surface area contributed by atoms with Gasteiger partial charge in [-0.3, -0.25) is 14.1 Å². The number of carbonyl (C=O) groups is 1. The molecule has 10 heteroatoms. The van der Waals surface area contributed by atoms with Crippen LogP contribution >= 0.6 is 0 Å². The first kappa shape index (κ1) is 28.4. The van der Waals surface area contributed by atoms with Crippen molar-refractivity contribution in [1.82, 2.24) is 24.2 Å². The maximum atomic E-state index is 13.6. The number of amides is 1. The van der Waals surface area contributed by atoms with E-state index in [2.05, 4.69) is 22.9 Å². The fourth-order valence-corrected chi connectivity index (χ4v) is 5.72. The van der Waals surface area contributed by atoms with Crippen LogP contribution in [-0.2, 0) is 9.53 Å². The molecule has 1 amide bonds. The molecule has 0 aliphatic carbocycles. The number of carbonyl (C=O) groups excluding carboxylic acids is 1. The van der Waals surface area contributed by atoms with Crippen LogP contribution in [0.3, 0.4) is 0 Å². The van der Waals surface area contributed by atoms with Gasteiger partial charge in [-0.15, -0.1) is 0 Å². The van der Waals surface area contributed by atoms with E-state index in [1.165, 1.54) is 0 Å². The lowest BCUT2D eigenvalue weighted by Gasteiger charge is -2.39. The Kier molecular flexibility index (Phi) is 7.84. The number of nitriles is 1. The Morgan fingerprint density at radius 2 is 1.84 bits per heavy atom. The largest absolute Gasteiger partial charge is 0.457 e. The van der Waals surface area contributed by atoms with E-state index in [9.17, 15) is 10.1 Å². The molecular weight excluding hydrogens is 542 g/mol. The van der Waals surface area contributed by atoms with Crippen molar-refractivity contribution in [2.24, 2.45) is 5.41 Å². The van der Waals surface area contributed by atoms with Crippen LogP contribution in [0.15, 0.2) is 78.6 Å². The summed E-state index contributed by atoms with van der Waals surface area (Å²) in [4.78, 5) is 26.9. The number of hydrogen-bond acceptors (Lipinski definition) is 8. The summed E-state index contributed by atoms with van der Waals surface area (Å²) in [5, 5.41) is 9.92. The molecule has 1 atom stereocenters. The third-order valence-electron chi connectivity index (χ3n) is 8.42. The van der Waals surface area contributed by atoms with E-state index in [-0.39, 0.29) is 22.9 Å². The number of nitrogen functional groups attached to an aromatic ring is 1. The number of rotatable bonds is 6. The first-order valence-electron chi connectivity index (χ1n) is 14.5. The lowest BCUT2D eigenvalue weighted by molar-refractivity contribution is -0.129. The summed E-state index contributed by atoms with van der Waals surface area (Å²) in [7, 11) is 2.02. The van der Waals surface area contributed by atoms with Crippen LogP contribution in [0.2, 0.25) is 0 Å². The van der Waals surface area contributed by atoms with E-state index < -0.39 is 0 Å². The fraction of sp³-hybridized carbons (Fsp3) is 0.333. The van der Waals surface area contributed by atoms with Crippen molar-refractivity contribution in [1.29, 1.82) is 5.26 Å². The molecule has 2 N–H and O–H groups in total. The summed E-state index contributed by atoms with van der Waals surface area (Å²) in [6, 6.07) is 19.3. The molecule has 4 heterocycles. The zero-order valence-electron chi connectivity index (χ0n) is 24.4. The highest BCUT2D eigenvalue weighted by molar-refractivity contribution is 5.97. The first-order chi connectivity index (χ1) is 20.8. The van der Waals surface area contributed by atoms with Crippen LogP contribution in [0.1, 0.15) is 31.6 Å². The average Bonchev–Trinajstić information content (AvgIpc) is 3.45. The molecule has 2 aliphatic heterocycles. The molecule has 6 rings (SSSR count). The standard InChI is InChI=1S/C33H35N7O3/c1-33(12-16-42-17-13-33)18-24(19-34)32(41)39-15-14-38(2)29(22-39)31-36-20-28-30(35)37-27(21-40(28)31)23-8-10-26(11-9-23)43-25-6-4-3-5-7-25/h3-11,18,20-21,29H,12-17,22H2,1-2H3,(H2,35,37)/t29-/m1/s1. The number of aromatic nitrogens is 3. The number of ether oxygens (including phenoxy) is 2. The van der Waals surface area contributed by atoms with Crippen molar-refractivity contribution in [3.05, 3.63) is 84.5 Å². The number of nitrogens with zero attached hydrogens (tertiary/aromatic N) is 6. The number of hydrogen-bond donors (Lipinski definition) is 1. The minimum Gasteiger partial charge on any atom is -0.457 e. The smallest absolute Gasteiger partial charge is 0.264 e. The van der Waals surface area contributed by atoms with Crippen molar-refractivity contribution < 1.29 is 14.3 Å². The van der Waals surface area contributed by atoms with Gasteiger partial charge in [0.05, 0.1) is 17.9 Å². The molecule has 2 aromatic heterocycles. The summed E-state index contributed by atoms with van der Waals surface area (Å²) < 4.78 is 13.4. The van der Waals surface area contributed by atoms with Crippen molar-refractivity contribution in [3.8, 4) is 28.8 Å². The Bertz CT molecular complexity index is 1690. The number of likely N-dealkylation sites (N-methyl/N-ethyl adjacent to an activating group) is 1. The molecule has 2 saturated heterocycles. The van der Waals surface area contributed by atoms with Gasteiger partial charge < -0.3 is 20.1 Å². The number of imidazole rings is 1. The lowest BCUT2D eigenvalue weighted by Crippen LogP contribution is -2.50. The summed E-state index contributed by atoms with van der Waals surface area (Å²) in [5.41, 5.74) is 8.65. The van der Waals surface area contributed by atoms with E-state index in [0.717, 1.165) is 35.7 Å². The van der Waals surface area contributed by atoms with Gasteiger partial charge in [-0.2, -0.15) is 5.26 Å². The first-order valence-corrected chi connectivity index (χ1v) is 14.5. The second kappa shape index (κ2) is 11.9. The Morgan fingerprint density at radius 3 is 2.56 bits per heavy atom. The summed E-state index contributed by atoms with van der Waals surface area (Å²) in [6.07, 6.45) is 7.08. The molecule has 2 aliphatic rings. The van der Waals surface area contributed by atoms with E-state index >= 15 is 0 Å². The van der Waals surface area contributed by atoms with Crippen LogP contribution in [0.5, 0.6) is 11.5 Å². The fourth-order valence-electron chi connectivity index (χ4n) is 5.72. The SMILES string of the molecule is CN1CCN(C(=O)C(C#N)=CC2(C)CCOCC2)C[C@@H]1c1ncc2c(N)nc(-c3ccc(Oc4ccccc4)cc3)cn12. The van der Waals surface area contributed by atoms with Gasteiger partial charge in [0.2, 0.25) is 0 Å². The third kappa shape index (κ3) is 5.95. The summed E-state index contributed by atoms with van der Waals surface area (Å²) >= 11 is 0. The predicted octanol–water partition coefficient (Wildman–Crippen LogP) is 4.85. The van der Waals surface area contributed by atoms with E-state index in [0.29, 0.717) is 49.9 Å². The molecule has 43 heavy (non-hydrogen) atoms. The molecular formula is C33H35N7O3. The second-order valence-corrected chi connectivity index (χ2v) is 11.5.